The van der Waals surface area contributed by atoms with Crippen LogP contribution in [0.15, 0.2) is 24.4 Å². The van der Waals surface area contributed by atoms with Crippen LogP contribution in [0.25, 0.3) is 0 Å². The van der Waals surface area contributed by atoms with E-state index in [0.717, 1.165) is 44.6 Å². The molecule has 0 spiro atoms. The summed E-state index contributed by atoms with van der Waals surface area (Å²) in [5.41, 5.74) is 7.34. The summed E-state index contributed by atoms with van der Waals surface area (Å²) >= 11 is 0. The summed E-state index contributed by atoms with van der Waals surface area (Å²) in [5.74, 6) is 0. The predicted molar refractivity (Wildman–Crippen MR) is 59.5 cm³/mol. The van der Waals surface area contributed by atoms with Gasteiger partial charge in [-0.3, -0.25) is 4.98 Å². The molecule has 0 saturated carbocycles. The first-order valence-corrected chi connectivity index (χ1v) is 5.55. The van der Waals surface area contributed by atoms with Crippen LogP contribution in [0.5, 0.6) is 0 Å². The normalized spacial score (nSPS) is 27.3. The van der Waals surface area contributed by atoms with Crippen LogP contribution in [0.2, 0.25) is 0 Å². The van der Waals surface area contributed by atoms with E-state index in [9.17, 15) is 0 Å². The lowest BCUT2D eigenvalue weighted by molar-refractivity contribution is 0.139. The van der Waals surface area contributed by atoms with E-state index in [0.29, 0.717) is 0 Å². The van der Waals surface area contributed by atoms with Crippen molar-refractivity contribution >= 4 is 0 Å². The molecule has 3 nitrogen and oxygen atoms in total. The molecule has 1 atom stereocenters. The molecule has 2 rings (SSSR count). The van der Waals surface area contributed by atoms with Crippen LogP contribution in [0.4, 0.5) is 0 Å². The quantitative estimate of drug-likeness (QED) is 0.798. The topological polar surface area (TPSA) is 48.1 Å². The summed E-state index contributed by atoms with van der Waals surface area (Å²) in [6.07, 6.45) is 5.71. The van der Waals surface area contributed by atoms with Gasteiger partial charge < -0.3 is 10.5 Å². The monoisotopic (exact) mass is 206 g/mol. The number of hydrogen-bond donors (Lipinski definition) is 1. The molecule has 2 heterocycles. The van der Waals surface area contributed by atoms with E-state index in [-0.39, 0.29) is 5.54 Å². The third-order valence-electron chi connectivity index (χ3n) is 2.97. The molecule has 0 bridgehead atoms. The van der Waals surface area contributed by atoms with E-state index in [1.165, 1.54) is 0 Å². The Bertz CT molecular complexity index is 292. The fraction of sp³-hybridized carbons (Fsp3) is 0.583. The van der Waals surface area contributed by atoms with Gasteiger partial charge in [-0.15, -0.1) is 0 Å². The van der Waals surface area contributed by atoms with Gasteiger partial charge in [0.25, 0.3) is 0 Å². The molecular weight excluding hydrogens is 188 g/mol. The van der Waals surface area contributed by atoms with E-state index in [1.807, 2.05) is 24.4 Å². The van der Waals surface area contributed by atoms with Crippen molar-refractivity contribution in [3.8, 4) is 0 Å². The van der Waals surface area contributed by atoms with Crippen molar-refractivity contribution in [1.82, 2.24) is 4.98 Å². The first-order valence-electron chi connectivity index (χ1n) is 5.55. The molecule has 1 aliphatic heterocycles. The van der Waals surface area contributed by atoms with Gasteiger partial charge in [-0.2, -0.15) is 0 Å². The minimum atomic E-state index is -0.120. The fourth-order valence-corrected chi connectivity index (χ4v) is 2.07. The van der Waals surface area contributed by atoms with Crippen LogP contribution in [-0.4, -0.2) is 23.7 Å². The summed E-state index contributed by atoms with van der Waals surface area (Å²) in [4.78, 5) is 4.33. The maximum absolute atomic E-state index is 6.37. The van der Waals surface area contributed by atoms with E-state index >= 15 is 0 Å². The van der Waals surface area contributed by atoms with Crippen molar-refractivity contribution in [2.45, 2.75) is 31.2 Å². The van der Waals surface area contributed by atoms with Crippen LogP contribution in [0.3, 0.4) is 0 Å². The molecule has 2 N–H and O–H groups in total. The third kappa shape index (κ3) is 3.01. The van der Waals surface area contributed by atoms with Crippen LogP contribution in [0, 0.1) is 0 Å². The minimum Gasteiger partial charge on any atom is -0.381 e. The molecule has 0 aromatic carbocycles. The lowest BCUT2D eigenvalue weighted by Crippen LogP contribution is -2.42. The number of ether oxygens (including phenoxy) is 1. The highest BCUT2D eigenvalue weighted by Gasteiger charge is 2.27. The van der Waals surface area contributed by atoms with Crippen molar-refractivity contribution in [2.24, 2.45) is 5.73 Å². The highest BCUT2D eigenvalue weighted by molar-refractivity contribution is 5.08. The number of hydrogen-bond acceptors (Lipinski definition) is 3. The standard InChI is InChI=1S/C12H18N2O/c13-12(5-3-8-15-9-6-12)10-11-4-1-2-7-14-11/h1-2,4,7H,3,5-6,8-10,13H2. The SMILES string of the molecule is NC1(Cc2ccccn2)CCCOCC1. The number of pyridine rings is 1. The van der Waals surface area contributed by atoms with Crippen molar-refractivity contribution in [1.29, 1.82) is 0 Å². The van der Waals surface area contributed by atoms with Crippen molar-refractivity contribution in [2.75, 3.05) is 13.2 Å². The highest BCUT2D eigenvalue weighted by Crippen LogP contribution is 2.22. The van der Waals surface area contributed by atoms with Gasteiger partial charge in [-0.1, -0.05) is 6.07 Å². The second-order valence-electron chi connectivity index (χ2n) is 4.33. The molecule has 0 radical (unpaired) electrons. The fourth-order valence-electron chi connectivity index (χ4n) is 2.07. The molecule has 82 valence electrons. The molecule has 3 heteroatoms. The van der Waals surface area contributed by atoms with Gasteiger partial charge in [-0.05, 0) is 31.4 Å². The molecule has 1 saturated heterocycles. The van der Waals surface area contributed by atoms with E-state index in [2.05, 4.69) is 4.98 Å². The van der Waals surface area contributed by atoms with Crippen molar-refractivity contribution in [3.63, 3.8) is 0 Å². The smallest absolute Gasteiger partial charge is 0.0483 e. The average Bonchev–Trinajstić information content (AvgIpc) is 2.45. The predicted octanol–water partition coefficient (Wildman–Crippen LogP) is 1.52. The summed E-state index contributed by atoms with van der Waals surface area (Å²) < 4.78 is 5.43. The first-order chi connectivity index (χ1) is 7.29. The van der Waals surface area contributed by atoms with Crippen molar-refractivity contribution < 1.29 is 4.74 Å². The van der Waals surface area contributed by atoms with E-state index in [4.69, 9.17) is 10.5 Å². The highest BCUT2D eigenvalue weighted by atomic mass is 16.5. The maximum Gasteiger partial charge on any atom is 0.0483 e. The molecule has 1 fully saturated rings. The Morgan fingerprint density at radius 1 is 1.33 bits per heavy atom. The molecule has 0 aliphatic carbocycles. The Morgan fingerprint density at radius 2 is 2.27 bits per heavy atom. The molecule has 1 unspecified atom stereocenters. The largest absolute Gasteiger partial charge is 0.381 e. The van der Waals surface area contributed by atoms with Gasteiger partial charge in [0.15, 0.2) is 0 Å². The van der Waals surface area contributed by atoms with Gasteiger partial charge in [-0.25, -0.2) is 0 Å². The van der Waals surface area contributed by atoms with Crippen LogP contribution >= 0.6 is 0 Å². The first kappa shape index (κ1) is 10.6. The average molecular weight is 206 g/mol. The van der Waals surface area contributed by atoms with Gasteiger partial charge in [0.2, 0.25) is 0 Å². The van der Waals surface area contributed by atoms with Crippen LogP contribution in [0.1, 0.15) is 25.0 Å². The summed E-state index contributed by atoms with van der Waals surface area (Å²) in [6.45, 7) is 1.63. The maximum atomic E-state index is 6.37. The summed E-state index contributed by atoms with van der Waals surface area (Å²) in [6, 6.07) is 5.99. The lowest BCUT2D eigenvalue weighted by Gasteiger charge is -2.26. The molecule has 15 heavy (non-hydrogen) atoms. The Hall–Kier alpha value is -0.930. The lowest BCUT2D eigenvalue weighted by atomic mass is 9.87. The van der Waals surface area contributed by atoms with Gasteiger partial charge in [0, 0.05) is 37.1 Å². The Balaban J connectivity index is 2.02. The van der Waals surface area contributed by atoms with Crippen molar-refractivity contribution in [3.05, 3.63) is 30.1 Å². The Kier molecular flexibility index (Phi) is 3.34. The second-order valence-corrected chi connectivity index (χ2v) is 4.33. The zero-order valence-electron chi connectivity index (χ0n) is 8.98. The van der Waals surface area contributed by atoms with Crippen LogP contribution < -0.4 is 5.73 Å². The number of nitrogens with two attached hydrogens (primary N) is 1. The minimum absolute atomic E-state index is 0.120. The Morgan fingerprint density at radius 3 is 3.07 bits per heavy atom. The van der Waals surface area contributed by atoms with Gasteiger partial charge in [0.1, 0.15) is 0 Å². The van der Waals surface area contributed by atoms with Gasteiger partial charge in [0.05, 0.1) is 0 Å². The Labute approximate surface area is 90.7 Å². The van der Waals surface area contributed by atoms with E-state index < -0.39 is 0 Å². The molecular formula is C12H18N2O. The number of aromatic nitrogens is 1. The summed E-state index contributed by atoms with van der Waals surface area (Å²) in [7, 11) is 0. The molecule has 1 aromatic heterocycles. The number of rotatable bonds is 2. The van der Waals surface area contributed by atoms with Gasteiger partial charge >= 0.3 is 0 Å². The zero-order valence-corrected chi connectivity index (χ0v) is 8.98. The second kappa shape index (κ2) is 4.73. The molecule has 1 aromatic rings. The summed E-state index contributed by atoms with van der Waals surface area (Å²) in [5, 5.41) is 0. The molecule has 0 amide bonds. The molecule has 1 aliphatic rings. The van der Waals surface area contributed by atoms with E-state index in [1.54, 1.807) is 0 Å². The van der Waals surface area contributed by atoms with Crippen LogP contribution in [-0.2, 0) is 11.2 Å². The number of nitrogens with zero attached hydrogens (tertiary/aromatic N) is 1. The zero-order chi connectivity index (χ0) is 10.6. The third-order valence-corrected chi connectivity index (χ3v) is 2.97.